The van der Waals surface area contributed by atoms with E-state index >= 15 is 0 Å². The Labute approximate surface area is 186 Å². The summed E-state index contributed by atoms with van der Waals surface area (Å²) in [5.41, 5.74) is 0.859. The van der Waals surface area contributed by atoms with Crippen molar-refractivity contribution in [1.29, 1.82) is 5.26 Å². The highest BCUT2D eigenvalue weighted by Crippen LogP contribution is 2.34. The number of aliphatic hydroxyl groups is 3. The van der Waals surface area contributed by atoms with E-state index in [1.165, 1.54) is 10.5 Å². The summed E-state index contributed by atoms with van der Waals surface area (Å²) in [7, 11) is 0. The zero-order valence-corrected chi connectivity index (χ0v) is 17.8. The molecule has 0 radical (unpaired) electrons. The average Bonchev–Trinajstić information content (AvgIpc) is 2.78. The lowest BCUT2D eigenvalue weighted by atomic mass is 9.97. The van der Waals surface area contributed by atoms with Crippen LogP contribution in [0.5, 0.6) is 0 Å². The molecule has 2 saturated heterocycles. The maximum atomic E-state index is 13.5. The number of aliphatic carboxylic acids is 1. The Bertz CT molecular complexity index is 1070. The Morgan fingerprint density at radius 3 is 2.69 bits per heavy atom. The van der Waals surface area contributed by atoms with Crippen molar-refractivity contribution >= 4 is 34.0 Å². The third-order valence-electron chi connectivity index (χ3n) is 5.62. The van der Waals surface area contributed by atoms with Gasteiger partial charge in [-0.3, -0.25) is 0 Å². The molecule has 11 nitrogen and oxygen atoms in total. The van der Waals surface area contributed by atoms with E-state index in [0.717, 1.165) is 5.39 Å². The van der Waals surface area contributed by atoms with Gasteiger partial charge in [0.05, 0.1) is 18.8 Å². The summed E-state index contributed by atoms with van der Waals surface area (Å²) in [6.07, 6.45) is -6.95. The molecule has 2 aliphatic heterocycles. The van der Waals surface area contributed by atoms with E-state index in [0.29, 0.717) is 17.6 Å². The van der Waals surface area contributed by atoms with E-state index in [-0.39, 0.29) is 18.2 Å². The minimum Gasteiger partial charge on any atom is -0.573 e. The van der Waals surface area contributed by atoms with Crippen LogP contribution in [0.15, 0.2) is 30.5 Å². The zero-order chi connectivity index (χ0) is 23.2. The van der Waals surface area contributed by atoms with Crippen LogP contribution in [0.2, 0.25) is 0 Å². The minimum absolute atomic E-state index is 0.0569. The number of nitriles is 1. The molecule has 0 aliphatic carbocycles. The average molecular weight is 462 g/mol. The van der Waals surface area contributed by atoms with E-state index in [9.17, 15) is 35.0 Å². The highest BCUT2D eigenvalue weighted by molar-refractivity contribution is 7.90. The van der Waals surface area contributed by atoms with Crippen molar-refractivity contribution < 1.29 is 34.5 Å². The van der Waals surface area contributed by atoms with Crippen LogP contribution in [-0.4, -0.2) is 84.0 Å². The molecular formula is C20H22N4O7S. The van der Waals surface area contributed by atoms with Gasteiger partial charge in [-0.05, 0) is 35.6 Å². The molecular weight excluding hydrogens is 440 g/mol. The second-order valence-corrected chi connectivity index (χ2v) is 9.30. The monoisotopic (exact) mass is 462 g/mol. The molecule has 6 unspecified atom stereocenters. The van der Waals surface area contributed by atoms with Gasteiger partial charge in [-0.1, -0.05) is 11.2 Å². The SMILES string of the molecule is C[C@H]1CN(c2ccc3c(C#N)nccc3c2)[S+]([O-])N(C2OC(C(=O)O)C(O)C(O)C2O)C1. The number of pyridine rings is 1. The topological polar surface area (TPSA) is 173 Å². The van der Waals surface area contributed by atoms with Crippen LogP contribution in [0.3, 0.4) is 0 Å². The maximum absolute atomic E-state index is 13.5. The van der Waals surface area contributed by atoms with E-state index in [1.807, 2.05) is 13.0 Å². The highest BCUT2D eigenvalue weighted by Gasteiger charge is 2.54. The molecule has 170 valence electrons. The van der Waals surface area contributed by atoms with Crippen molar-refractivity contribution in [3.8, 4) is 6.07 Å². The molecule has 7 atom stereocenters. The van der Waals surface area contributed by atoms with Crippen molar-refractivity contribution in [2.24, 2.45) is 5.92 Å². The summed E-state index contributed by atoms with van der Waals surface area (Å²) in [5, 5.41) is 50.5. The lowest BCUT2D eigenvalue weighted by Gasteiger charge is -2.46. The number of hydrogen-bond acceptors (Lipinski definition) is 10. The fraction of sp³-hybridized carbons (Fsp3) is 0.450. The largest absolute Gasteiger partial charge is 0.573 e. The molecule has 32 heavy (non-hydrogen) atoms. The molecule has 1 aromatic carbocycles. The van der Waals surface area contributed by atoms with Crippen molar-refractivity contribution in [2.45, 2.75) is 37.6 Å². The first-order chi connectivity index (χ1) is 15.2. The second-order valence-electron chi connectivity index (χ2n) is 7.93. The number of hydrogen-bond donors (Lipinski definition) is 4. The Morgan fingerprint density at radius 2 is 2.00 bits per heavy atom. The van der Waals surface area contributed by atoms with Gasteiger partial charge in [-0.2, -0.15) is 9.57 Å². The van der Waals surface area contributed by atoms with Gasteiger partial charge >= 0.3 is 5.97 Å². The first kappa shape index (κ1) is 22.7. The van der Waals surface area contributed by atoms with Crippen LogP contribution in [0.4, 0.5) is 5.69 Å². The summed E-state index contributed by atoms with van der Waals surface area (Å²) in [5.74, 6) is -1.56. The highest BCUT2D eigenvalue weighted by atomic mass is 32.2. The van der Waals surface area contributed by atoms with Gasteiger partial charge in [-0.15, -0.1) is 0 Å². The standard InChI is InChI=1S/C20H22N4O7S/c1-10-8-23(12-2-3-13-11(6-12)4-5-22-14(13)7-21)32(30)24(9-10)19-17(27)15(25)16(26)18(31-19)20(28)29/h2-6,10,15-19,25-27H,8-9H2,1H3,(H,28,29)/t10-,15?,16?,17?,18?,19?,32?/m0/s1. The number of aromatic nitrogens is 1. The maximum Gasteiger partial charge on any atom is 0.335 e. The van der Waals surface area contributed by atoms with Gasteiger partial charge in [0, 0.05) is 11.6 Å². The predicted octanol–water partition coefficient (Wildman–Crippen LogP) is -0.665. The Balaban J connectivity index is 1.66. The smallest absolute Gasteiger partial charge is 0.335 e. The van der Waals surface area contributed by atoms with Crippen LogP contribution in [0, 0.1) is 17.2 Å². The Morgan fingerprint density at radius 1 is 1.25 bits per heavy atom. The summed E-state index contributed by atoms with van der Waals surface area (Å²) in [4.78, 5) is 15.5. The van der Waals surface area contributed by atoms with Crippen molar-refractivity contribution in [1.82, 2.24) is 9.29 Å². The Hall–Kier alpha value is -2.50. The number of nitrogens with zero attached hydrogens (tertiary/aromatic N) is 4. The molecule has 12 heteroatoms. The lowest BCUT2D eigenvalue weighted by Crippen LogP contribution is -2.68. The van der Waals surface area contributed by atoms with Gasteiger partial charge in [0.2, 0.25) is 0 Å². The number of carboxylic acid groups (broad SMARTS) is 1. The quantitative estimate of drug-likeness (QED) is 0.426. The molecule has 4 rings (SSSR count). The first-order valence-electron chi connectivity index (χ1n) is 9.90. The summed E-state index contributed by atoms with van der Waals surface area (Å²) < 4.78 is 21.7. The normalized spacial score (nSPS) is 33.8. The molecule has 2 aromatic rings. The number of carboxylic acids is 1. The zero-order valence-electron chi connectivity index (χ0n) is 17.0. The van der Waals surface area contributed by atoms with E-state index in [2.05, 4.69) is 4.98 Å². The fourth-order valence-electron chi connectivity index (χ4n) is 4.00. The third kappa shape index (κ3) is 3.89. The molecule has 3 heterocycles. The van der Waals surface area contributed by atoms with Crippen molar-refractivity contribution in [3.05, 3.63) is 36.2 Å². The third-order valence-corrected chi connectivity index (χ3v) is 7.11. The first-order valence-corrected chi connectivity index (χ1v) is 11.0. The van der Waals surface area contributed by atoms with E-state index < -0.39 is 48.2 Å². The number of fused-ring (bicyclic) bond motifs is 1. The summed E-state index contributed by atoms with van der Waals surface area (Å²) in [6, 6.07) is 8.95. The van der Waals surface area contributed by atoms with Crippen LogP contribution in [-0.2, 0) is 21.1 Å². The number of rotatable bonds is 3. The number of anilines is 1. The van der Waals surface area contributed by atoms with E-state index in [1.54, 1.807) is 28.6 Å². The molecule has 2 aliphatic rings. The van der Waals surface area contributed by atoms with Crippen LogP contribution in [0.25, 0.3) is 10.8 Å². The molecule has 4 N–H and O–H groups in total. The summed E-state index contributed by atoms with van der Waals surface area (Å²) in [6.45, 7) is 2.50. The van der Waals surface area contributed by atoms with Crippen molar-refractivity contribution in [3.63, 3.8) is 0 Å². The van der Waals surface area contributed by atoms with Gasteiger partial charge in [-0.25, -0.2) is 9.78 Å². The predicted molar refractivity (Wildman–Crippen MR) is 112 cm³/mol. The molecule has 0 amide bonds. The molecule has 2 fully saturated rings. The van der Waals surface area contributed by atoms with E-state index in [4.69, 9.17) is 4.74 Å². The van der Waals surface area contributed by atoms with Gasteiger partial charge < -0.3 is 29.7 Å². The molecule has 0 spiro atoms. The fourth-order valence-corrected chi connectivity index (χ4v) is 5.67. The summed E-state index contributed by atoms with van der Waals surface area (Å²) >= 11 is -1.89. The molecule has 0 bridgehead atoms. The number of aliphatic hydroxyl groups excluding tert-OH is 3. The van der Waals surface area contributed by atoms with Gasteiger partial charge in [0.25, 0.3) is 0 Å². The van der Waals surface area contributed by atoms with Crippen LogP contribution < -0.4 is 4.31 Å². The molecule has 0 saturated carbocycles. The number of ether oxygens (including phenoxy) is 1. The van der Waals surface area contributed by atoms with Gasteiger partial charge in [0.1, 0.15) is 30.1 Å². The lowest BCUT2D eigenvalue weighted by molar-refractivity contribution is -0.249. The van der Waals surface area contributed by atoms with Crippen molar-refractivity contribution in [2.75, 3.05) is 17.4 Å². The number of benzene rings is 1. The second kappa shape index (κ2) is 8.80. The molecule has 1 aromatic heterocycles. The minimum atomic E-state index is -1.89. The number of carbonyl (C=O) groups is 1. The Kier molecular flexibility index (Phi) is 6.24. The van der Waals surface area contributed by atoms with Gasteiger partial charge in [0.15, 0.2) is 23.9 Å². The van der Waals surface area contributed by atoms with Crippen LogP contribution in [0.1, 0.15) is 12.6 Å². The van der Waals surface area contributed by atoms with Crippen LogP contribution >= 0.6 is 0 Å².